The number of benzene rings is 1. The number of H-pyrrole nitrogens is 1. The second-order valence-corrected chi connectivity index (χ2v) is 6.80. The van der Waals surface area contributed by atoms with Gasteiger partial charge in [-0.25, -0.2) is 4.79 Å². The van der Waals surface area contributed by atoms with E-state index in [1.54, 1.807) is 23.2 Å². The molecule has 122 valence electrons. The Morgan fingerprint density at radius 2 is 1.83 bits per heavy atom. The lowest BCUT2D eigenvalue weighted by molar-refractivity contribution is 0.0918. The number of halogens is 4. The highest BCUT2D eigenvalue weighted by Crippen LogP contribution is 2.36. The van der Waals surface area contributed by atoms with E-state index in [1.165, 1.54) is 12.1 Å². The fraction of sp³-hybridized carbons (Fsp3) is 0.154. The molecular formula is C13H9Cl3FN3O3. The molecule has 23 heavy (non-hydrogen) atoms. The van der Waals surface area contributed by atoms with Gasteiger partial charge in [0.05, 0.1) is 6.20 Å². The van der Waals surface area contributed by atoms with Gasteiger partial charge in [-0.1, -0.05) is 53.0 Å². The number of aromatic nitrogens is 2. The van der Waals surface area contributed by atoms with E-state index in [0.29, 0.717) is 10.8 Å². The van der Waals surface area contributed by atoms with Gasteiger partial charge in [-0.15, -0.1) is 0 Å². The summed E-state index contributed by atoms with van der Waals surface area (Å²) in [6.45, 7) is 0. The molecule has 0 bridgehead atoms. The molecule has 10 heteroatoms. The van der Waals surface area contributed by atoms with Crippen LogP contribution in [0.5, 0.6) is 0 Å². The Morgan fingerprint density at radius 3 is 2.39 bits per heavy atom. The molecule has 0 unspecified atom stereocenters. The number of rotatable bonds is 3. The van der Waals surface area contributed by atoms with Crippen molar-refractivity contribution in [3.05, 3.63) is 68.7 Å². The summed E-state index contributed by atoms with van der Waals surface area (Å²) in [5.41, 5.74) is -2.02. The Bertz CT molecular complexity index is 830. The van der Waals surface area contributed by atoms with Gasteiger partial charge in [-0.3, -0.25) is 19.1 Å². The van der Waals surface area contributed by atoms with E-state index >= 15 is 0 Å². The number of carbonyl (C=O) groups excluding carboxylic acids is 1. The summed E-state index contributed by atoms with van der Waals surface area (Å²) in [6, 6.07) is 7.93. The van der Waals surface area contributed by atoms with E-state index in [4.69, 9.17) is 34.8 Å². The first kappa shape index (κ1) is 17.5. The van der Waals surface area contributed by atoms with E-state index in [1.807, 2.05) is 0 Å². The van der Waals surface area contributed by atoms with Crippen molar-refractivity contribution >= 4 is 40.7 Å². The minimum Gasteiger partial charge on any atom is -0.328 e. The number of nitrogens with one attached hydrogen (secondary N) is 2. The Labute approximate surface area is 143 Å². The lowest BCUT2D eigenvalue weighted by atomic mass is 10.2. The van der Waals surface area contributed by atoms with Crippen molar-refractivity contribution in [1.29, 1.82) is 0 Å². The molecule has 1 aromatic carbocycles. The maximum atomic E-state index is 13.4. The first-order chi connectivity index (χ1) is 10.7. The minimum atomic E-state index is -2.18. The summed E-state index contributed by atoms with van der Waals surface area (Å²) in [5.74, 6) is -1.92. The summed E-state index contributed by atoms with van der Waals surface area (Å²) in [6.07, 6.45) is -0.988. The molecule has 0 spiro atoms. The van der Waals surface area contributed by atoms with Gasteiger partial charge >= 0.3 is 5.69 Å². The van der Waals surface area contributed by atoms with Crippen molar-refractivity contribution in [1.82, 2.24) is 14.9 Å². The van der Waals surface area contributed by atoms with Gasteiger partial charge in [0.15, 0.2) is 6.17 Å². The van der Waals surface area contributed by atoms with Crippen LogP contribution in [-0.2, 0) is 0 Å². The highest BCUT2D eigenvalue weighted by atomic mass is 35.6. The van der Waals surface area contributed by atoms with Gasteiger partial charge in [0.25, 0.3) is 11.5 Å². The van der Waals surface area contributed by atoms with Crippen molar-refractivity contribution < 1.29 is 9.18 Å². The topological polar surface area (TPSA) is 84.0 Å². The van der Waals surface area contributed by atoms with Crippen molar-refractivity contribution in [3.8, 4) is 0 Å². The predicted octanol–water partition coefficient (Wildman–Crippen LogP) is 1.97. The van der Waals surface area contributed by atoms with E-state index in [-0.39, 0.29) is 5.56 Å². The number of aromatic amines is 1. The Kier molecular flexibility index (Phi) is 5.13. The maximum absolute atomic E-state index is 13.4. The van der Waals surface area contributed by atoms with Crippen LogP contribution in [0, 0.1) is 5.82 Å². The third-order valence-corrected chi connectivity index (χ3v) is 3.44. The molecule has 0 saturated heterocycles. The molecule has 1 aromatic heterocycles. The smallest absolute Gasteiger partial charge is 0.328 e. The van der Waals surface area contributed by atoms with E-state index in [0.717, 1.165) is 0 Å². The first-order valence-corrected chi connectivity index (χ1v) is 7.27. The monoisotopic (exact) mass is 379 g/mol. The van der Waals surface area contributed by atoms with Crippen LogP contribution < -0.4 is 16.6 Å². The van der Waals surface area contributed by atoms with E-state index < -0.39 is 32.9 Å². The summed E-state index contributed by atoms with van der Waals surface area (Å²) in [7, 11) is 0. The van der Waals surface area contributed by atoms with Gasteiger partial charge in [0, 0.05) is 5.56 Å². The van der Waals surface area contributed by atoms with Crippen LogP contribution in [0.1, 0.15) is 16.5 Å². The first-order valence-electron chi connectivity index (χ1n) is 6.14. The van der Waals surface area contributed by atoms with Crippen molar-refractivity contribution in [2.24, 2.45) is 0 Å². The molecule has 1 heterocycles. The lowest BCUT2D eigenvalue weighted by Crippen LogP contribution is -2.46. The molecule has 6 nitrogen and oxygen atoms in total. The number of hydrogen-bond acceptors (Lipinski definition) is 3. The largest absolute Gasteiger partial charge is 0.330 e. The summed E-state index contributed by atoms with van der Waals surface area (Å²) >= 11 is 17.3. The average Bonchev–Trinajstić information content (AvgIpc) is 2.48. The van der Waals surface area contributed by atoms with Crippen molar-refractivity contribution in [3.63, 3.8) is 0 Å². The molecule has 0 aliphatic heterocycles. The summed E-state index contributed by atoms with van der Waals surface area (Å²) < 4.78 is 11.8. The molecule has 1 amide bonds. The summed E-state index contributed by atoms with van der Waals surface area (Å²) in [4.78, 5) is 36.8. The SMILES string of the molecule is O=C(N[C@@H](n1cc(F)c(=O)[nH]c1=O)C(Cl)(Cl)Cl)c1ccccc1. The third-order valence-electron chi connectivity index (χ3n) is 2.82. The molecule has 2 aromatic rings. The van der Waals surface area contributed by atoms with Gasteiger partial charge in [-0.2, -0.15) is 4.39 Å². The van der Waals surface area contributed by atoms with Gasteiger partial charge in [0.2, 0.25) is 9.61 Å². The van der Waals surface area contributed by atoms with Crippen LogP contribution >= 0.6 is 34.8 Å². The van der Waals surface area contributed by atoms with Crippen molar-refractivity contribution in [2.45, 2.75) is 9.96 Å². The Morgan fingerprint density at radius 1 is 1.22 bits per heavy atom. The van der Waals surface area contributed by atoms with Gasteiger partial charge < -0.3 is 5.32 Å². The average molecular weight is 381 g/mol. The lowest BCUT2D eigenvalue weighted by Gasteiger charge is -2.27. The number of carbonyl (C=O) groups is 1. The molecular weight excluding hydrogens is 372 g/mol. The number of alkyl halides is 3. The van der Waals surface area contributed by atoms with Crippen LogP contribution in [0.25, 0.3) is 0 Å². The Balaban J connectivity index is 2.44. The normalized spacial score (nSPS) is 12.7. The van der Waals surface area contributed by atoms with Crippen LogP contribution in [0.15, 0.2) is 46.1 Å². The van der Waals surface area contributed by atoms with E-state index in [2.05, 4.69) is 5.32 Å². The number of nitrogens with zero attached hydrogens (tertiary/aromatic N) is 1. The zero-order chi connectivity index (χ0) is 17.2. The fourth-order valence-electron chi connectivity index (χ4n) is 1.76. The van der Waals surface area contributed by atoms with Gasteiger partial charge in [0.1, 0.15) is 0 Å². The number of amides is 1. The number of hydrogen-bond donors (Lipinski definition) is 2. The minimum absolute atomic E-state index is 0.240. The molecule has 0 saturated carbocycles. The van der Waals surface area contributed by atoms with Crippen LogP contribution in [0.2, 0.25) is 0 Å². The molecule has 0 aliphatic carbocycles. The fourth-order valence-corrected chi connectivity index (χ4v) is 2.24. The molecule has 0 fully saturated rings. The molecule has 2 rings (SSSR count). The molecule has 1 atom stereocenters. The zero-order valence-electron chi connectivity index (χ0n) is 11.2. The second kappa shape index (κ2) is 6.74. The zero-order valence-corrected chi connectivity index (χ0v) is 13.5. The van der Waals surface area contributed by atoms with Crippen LogP contribution in [-0.4, -0.2) is 19.3 Å². The quantitative estimate of drug-likeness (QED) is 0.799. The predicted molar refractivity (Wildman–Crippen MR) is 84.5 cm³/mol. The van der Waals surface area contributed by atoms with E-state index in [9.17, 15) is 18.8 Å². The molecule has 2 N–H and O–H groups in total. The van der Waals surface area contributed by atoms with Crippen LogP contribution in [0.4, 0.5) is 4.39 Å². The van der Waals surface area contributed by atoms with Gasteiger partial charge in [-0.05, 0) is 12.1 Å². The molecule has 0 aliphatic rings. The summed E-state index contributed by atoms with van der Waals surface area (Å²) in [5, 5.41) is 2.32. The maximum Gasteiger partial charge on any atom is 0.330 e. The van der Waals surface area contributed by atoms with Crippen LogP contribution in [0.3, 0.4) is 0 Å². The second-order valence-electron chi connectivity index (χ2n) is 4.43. The highest BCUT2D eigenvalue weighted by Gasteiger charge is 2.36. The molecule has 0 radical (unpaired) electrons. The highest BCUT2D eigenvalue weighted by molar-refractivity contribution is 6.67. The van der Waals surface area contributed by atoms with Crippen molar-refractivity contribution in [2.75, 3.05) is 0 Å². The third kappa shape index (κ3) is 4.13. The Hall–Kier alpha value is -1.83. The standard InChI is InChI=1S/C13H9Cl3FN3O3/c14-13(15,16)11(18-9(21)7-4-2-1-3-5-7)20-6-8(17)10(22)19-12(20)23/h1-6,11H,(H,18,21)(H,19,22,23)/t11-/m0/s1.